The van der Waals surface area contributed by atoms with Crippen molar-refractivity contribution in [2.75, 3.05) is 26.3 Å². The molecule has 1 unspecified atom stereocenters. The van der Waals surface area contributed by atoms with Crippen molar-refractivity contribution in [2.45, 2.75) is 31.3 Å². The Bertz CT molecular complexity index is 625. The fraction of sp³-hybridized carbons (Fsp3) is 0.533. The molecular weight excluding hydrogens is 304 g/mol. The van der Waals surface area contributed by atoms with Crippen molar-refractivity contribution < 1.29 is 18.5 Å². The van der Waals surface area contributed by atoms with Crippen molar-refractivity contribution in [3.05, 3.63) is 30.3 Å². The minimum absolute atomic E-state index is 0.458. The third-order valence-corrected chi connectivity index (χ3v) is 5.31. The number of carbonyl (C=O) groups is 1. The number of ether oxygens (including phenoxy) is 2. The molecule has 0 aliphatic carbocycles. The number of amides is 1. The Kier molecular flexibility index (Phi) is 5.20. The quantitative estimate of drug-likeness (QED) is 0.838. The van der Waals surface area contributed by atoms with E-state index in [0.29, 0.717) is 31.2 Å². The van der Waals surface area contributed by atoms with Crippen LogP contribution in [0.15, 0.2) is 39.6 Å². The molecule has 1 aromatic rings. The predicted molar refractivity (Wildman–Crippen MR) is 83.9 cm³/mol. The Morgan fingerprint density at radius 3 is 2.36 bits per heavy atom. The standard InChI is InChI=1S/C15H22N2O4S/c1-15(2,3)21-14(18)16-22(19,13-7-5-4-6-8-13)17-9-11-20-12-10-17/h4-8H,9-12H2,1-3H3. The molecule has 0 radical (unpaired) electrons. The van der Waals surface area contributed by atoms with Crippen LogP contribution in [-0.4, -0.2) is 46.5 Å². The molecule has 0 bridgehead atoms. The molecule has 0 N–H and O–H groups in total. The average Bonchev–Trinajstić information content (AvgIpc) is 2.47. The maximum absolute atomic E-state index is 13.4. The molecule has 1 atom stereocenters. The molecule has 1 aliphatic heterocycles. The van der Waals surface area contributed by atoms with E-state index >= 15 is 0 Å². The zero-order valence-corrected chi connectivity index (χ0v) is 14.0. The second-order valence-corrected chi connectivity index (χ2v) is 8.09. The Hall–Kier alpha value is -1.44. The molecule has 0 aromatic heterocycles. The second-order valence-electron chi connectivity index (χ2n) is 5.92. The van der Waals surface area contributed by atoms with Gasteiger partial charge in [0.2, 0.25) is 0 Å². The third kappa shape index (κ3) is 4.28. The smallest absolute Gasteiger partial charge is 0.442 e. The molecule has 7 heteroatoms. The fourth-order valence-electron chi connectivity index (χ4n) is 2.03. The lowest BCUT2D eigenvalue weighted by Gasteiger charge is -2.29. The Balaban J connectivity index is 2.41. The van der Waals surface area contributed by atoms with E-state index in [1.54, 1.807) is 49.3 Å². The van der Waals surface area contributed by atoms with Crippen LogP contribution in [0.2, 0.25) is 0 Å². The summed E-state index contributed by atoms with van der Waals surface area (Å²) in [6, 6.07) is 8.81. The van der Waals surface area contributed by atoms with Gasteiger partial charge in [-0.3, -0.25) is 0 Å². The van der Waals surface area contributed by atoms with E-state index in [2.05, 4.69) is 4.36 Å². The largest absolute Gasteiger partial charge is 0.443 e. The van der Waals surface area contributed by atoms with Gasteiger partial charge in [-0.2, -0.15) is 0 Å². The monoisotopic (exact) mass is 326 g/mol. The highest BCUT2D eigenvalue weighted by Crippen LogP contribution is 2.21. The fourth-order valence-corrected chi connectivity index (χ4v) is 3.95. The first-order valence-corrected chi connectivity index (χ1v) is 8.66. The van der Waals surface area contributed by atoms with E-state index in [1.165, 1.54) is 0 Å². The van der Waals surface area contributed by atoms with Crippen molar-refractivity contribution >= 4 is 16.0 Å². The lowest BCUT2D eigenvalue weighted by atomic mass is 10.2. The van der Waals surface area contributed by atoms with Crippen molar-refractivity contribution in [1.29, 1.82) is 0 Å². The van der Waals surface area contributed by atoms with Gasteiger partial charge in [-0.15, -0.1) is 4.36 Å². The number of hydrogen-bond donors (Lipinski definition) is 0. The normalized spacial score (nSPS) is 19.2. The molecule has 1 fully saturated rings. The zero-order chi connectivity index (χ0) is 16.2. The number of rotatable bonds is 2. The highest BCUT2D eigenvalue weighted by Gasteiger charge is 2.27. The summed E-state index contributed by atoms with van der Waals surface area (Å²) in [6.07, 6.45) is -0.812. The van der Waals surface area contributed by atoms with Crippen LogP contribution in [0.1, 0.15) is 20.8 Å². The van der Waals surface area contributed by atoms with E-state index in [9.17, 15) is 9.00 Å². The van der Waals surface area contributed by atoms with Crippen LogP contribution in [0.4, 0.5) is 4.79 Å². The second kappa shape index (κ2) is 6.76. The van der Waals surface area contributed by atoms with Crippen LogP contribution in [-0.2, 0) is 19.4 Å². The van der Waals surface area contributed by atoms with Gasteiger partial charge >= 0.3 is 6.09 Å². The van der Waals surface area contributed by atoms with Gasteiger partial charge in [0, 0.05) is 13.1 Å². The van der Waals surface area contributed by atoms with E-state index < -0.39 is 21.6 Å². The van der Waals surface area contributed by atoms with Gasteiger partial charge in [-0.1, -0.05) is 18.2 Å². The third-order valence-electron chi connectivity index (χ3n) is 2.96. The summed E-state index contributed by atoms with van der Waals surface area (Å²) in [4.78, 5) is 12.6. The minimum atomic E-state index is -3.04. The van der Waals surface area contributed by atoms with E-state index in [1.807, 2.05) is 6.07 Å². The number of nitrogens with zero attached hydrogens (tertiary/aromatic N) is 2. The first-order valence-electron chi connectivity index (χ1n) is 7.19. The van der Waals surface area contributed by atoms with E-state index in [-0.39, 0.29) is 0 Å². The number of benzene rings is 1. The lowest BCUT2D eigenvalue weighted by molar-refractivity contribution is 0.0598. The van der Waals surface area contributed by atoms with Crippen LogP contribution in [0.25, 0.3) is 0 Å². The highest BCUT2D eigenvalue weighted by atomic mass is 32.2. The zero-order valence-electron chi connectivity index (χ0n) is 13.2. The lowest BCUT2D eigenvalue weighted by Crippen LogP contribution is -2.41. The molecule has 122 valence electrons. The van der Waals surface area contributed by atoms with Crippen molar-refractivity contribution in [2.24, 2.45) is 4.36 Å². The molecule has 1 aliphatic rings. The molecule has 1 amide bonds. The topological polar surface area (TPSA) is 68.2 Å². The highest BCUT2D eigenvalue weighted by molar-refractivity contribution is 7.91. The first-order chi connectivity index (χ1) is 10.3. The minimum Gasteiger partial charge on any atom is -0.442 e. The molecule has 1 aromatic carbocycles. The van der Waals surface area contributed by atoms with Gasteiger partial charge in [-0.05, 0) is 32.9 Å². The van der Waals surface area contributed by atoms with Crippen LogP contribution in [0, 0.1) is 0 Å². The molecular formula is C15H22N2O4S. The van der Waals surface area contributed by atoms with Gasteiger partial charge in [0.15, 0.2) is 0 Å². The Morgan fingerprint density at radius 2 is 1.82 bits per heavy atom. The Labute approximate surface area is 131 Å². The van der Waals surface area contributed by atoms with Crippen LogP contribution < -0.4 is 0 Å². The van der Waals surface area contributed by atoms with Gasteiger partial charge in [0.1, 0.15) is 15.5 Å². The molecule has 0 spiro atoms. The van der Waals surface area contributed by atoms with Gasteiger partial charge in [0.05, 0.1) is 18.1 Å². The number of morpholine rings is 1. The molecule has 22 heavy (non-hydrogen) atoms. The van der Waals surface area contributed by atoms with Crippen LogP contribution in [0.3, 0.4) is 0 Å². The summed E-state index contributed by atoms with van der Waals surface area (Å²) < 4.78 is 29.6. The van der Waals surface area contributed by atoms with E-state index in [0.717, 1.165) is 0 Å². The summed E-state index contributed by atoms with van der Waals surface area (Å²) in [5.74, 6) is 0. The molecule has 1 saturated heterocycles. The molecule has 6 nitrogen and oxygen atoms in total. The number of carbonyl (C=O) groups excluding carboxylic acids is 1. The van der Waals surface area contributed by atoms with Crippen molar-refractivity contribution in [3.8, 4) is 0 Å². The summed E-state index contributed by atoms with van der Waals surface area (Å²) in [5, 5.41) is 0. The van der Waals surface area contributed by atoms with Crippen LogP contribution >= 0.6 is 0 Å². The maximum Gasteiger partial charge on any atom is 0.443 e. The van der Waals surface area contributed by atoms with Crippen LogP contribution in [0.5, 0.6) is 0 Å². The first kappa shape index (κ1) is 16.9. The van der Waals surface area contributed by atoms with E-state index in [4.69, 9.17) is 9.47 Å². The summed E-state index contributed by atoms with van der Waals surface area (Å²) in [7, 11) is -3.04. The average molecular weight is 326 g/mol. The predicted octanol–water partition coefficient (Wildman–Crippen LogP) is 2.70. The van der Waals surface area contributed by atoms with Gasteiger partial charge in [-0.25, -0.2) is 13.3 Å². The number of hydrogen-bond acceptors (Lipinski definition) is 4. The molecule has 0 saturated carbocycles. The summed E-state index contributed by atoms with van der Waals surface area (Å²) >= 11 is 0. The van der Waals surface area contributed by atoms with Crippen molar-refractivity contribution in [3.63, 3.8) is 0 Å². The van der Waals surface area contributed by atoms with Crippen molar-refractivity contribution in [1.82, 2.24) is 4.31 Å². The molecule has 2 rings (SSSR count). The Morgan fingerprint density at radius 1 is 1.23 bits per heavy atom. The summed E-state index contributed by atoms with van der Waals surface area (Å²) in [6.45, 7) is 7.10. The van der Waals surface area contributed by atoms with Gasteiger partial charge < -0.3 is 9.47 Å². The summed E-state index contributed by atoms with van der Waals surface area (Å²) in [5.41, 5.74) is -0.678. The SMILES string of the molecule is CC(C)(C)OC(=O)N=S(=O)(c1ccccc1)N1CCOCC1. The molecule has 1 heterocycles. The maximum atomic E-state index is 13.4. The van der Waals surface area contributed by atoms with Gasteiger partial charge in [0.25, 0.3) is 0 Å².